The van der Waals surface area contributed by atoms with Crippen molar-refractivity contribution in [1.82, 2.24) is 4.98 Å². The first-order chi connectivity index (χ1) is 12.5. The van der Waals surface area contributed by atoms with Gasteiger partial charge in [-0.2, -0.15) is 5.10 Å². The molecule has 0 saturated heterocycles. The Morgan fingerprint density at radius 2 is 2.04 bits per heavy atom. The van der Waals surface area contributed by atoms with Gasteiger partial charge in [-0.25, -0.2) is 4.98 Å². The van der Waals surface area contributed by atoms with Crippen molar-refractivity contribution >= 4 is 65.6 Å². The maximum absolute atomic E-state index is 12.6. The second-order valence-corrected chi connectivity index (χ2v) is 7.49. The summed E-state index contributed by atoms with van der Waals surface area (Å²) in [6, 6.07) is 13.4. The van der Waals surface area contributed by atoms with Gasteiger partial charge in [-0.05, 0) is 43.7 Å². The minimum absolute atomic E-state index is 0.0636. The summed E-state index contributed by atoms with van der Waals surface area (Å²) in [4.78, 5) is 21.4. The number of nitrogens with zero attached hydrogens (tertiary/aromatic N) is 3. The Morgan fingerprint density at radius 3 is 2.77 bits per heavy atom. The number of anilines is 1. The monoisotopic (exact) mass is 429 g/mol. The summed E-state index contributed by atoms with van der Waals surface area (Å²) in [6.45, 7) is 3.65. The molecule has 132 valence electrons. The standard InChI is InChI=1S/C18H16BrN5OS/c1-10-5-3-4-6-13(10)21-11(2)16(24-20)17(25)23-18-22-14-9-12(19)7-8-15(14)26-18/h3-9H,20H2,1-2H3,(H,22,23,25). The Morgan fingerprint density at radius 1 is 1.27 bits per heavy atom. The smallest absolute Gasteiger partial charge is 0.279 e. The van der Waals surface area contributed by atoms with Crippen molar-refractivity contribution in [2.45, 2.75) is 13.8 Å². The number of amides is 1. The number of hydrogen-bond donors (Lipinski definition) is 2. The van der Waals surface area contributed by atoms with E-state index in [0.717, 1.165) is 25.9 Å². The number of rotatable bonds is 4. The number of para-hydroxylation sites is 1. The summed E-state index contributed by atoms with van der Waals surface area (Å²) in [5.41, 5.74) is 3.07. The number of nitrogens with one attached hydrogen (secondary N) is 1. The molecule has 0 aliphatic heterocycles. The van der Waals surface area contributed by atoms with Crippen molar-refractivity contribution in [2.75, 3.05) is 5.32 Å². The molecule has 0 aliphatic carbocycles. The number of aromatic nitrogens is 1. The van der Waals surface area contributed by atoms with E-state index >= 15 is 0 Å². The summed E-state index contributed by atoms with van der Waals surface area (Å²) in [5, 5.41) is 6.85. The summed E-state index contributed by atoms with van der Waals surface area (Å²) in [5.74, 6) is 4.99. The fraction of sp³-hybridized carbons (Fsp3) is 0.111. The lowest BCUT2D eigenvalue weighted by molar-refractivity contribution is -0.110. The van der Waals surface area contributed by atoms with E-state index in [2.05, 4.69) is 36.3 Å². The number of benzene rings is 2. The summed E-state index contributed by atoms with van der Waals surface area (Å²) < 4.78 is 1.90. The number of thiazole rings is 1. The minimum Gasteiger partial charge on any atom is -0.322 e. The molecule has 1 heterocycles. The van der Waals surface area contributed by atoms with Crippen molar-refractivity contribution in [1.29, 1.82) is 0 Å². The van der Waals surface area contributed by atoms with E-state index in [-0.39, 0.29) is 5.71 Å². The zero-order valence-corrected chi connectivity index (χ0v) is 16.6. The van der Waals surface area contributed by atoms with Gasteiger partial charge in [-0.15, -0.1) is 0 Å². The Kier molecular flexibility index (Phi) is 5.43. The van der Waals surface area contributed by atoms with Crippen LogP contribution >= 0.6 is 27.3 Å². The molecular formula is C18H16BrN5OS. The van der Waals surface area contributed by atoms with Gasteiger partial charge in [0.05, 0.1) is 21.6 Å². The molecule has 0 aliphatic rings. The second-order valence-electron chi connectivity index (χ2n) is 5.55. The third kappa shape index (κ3) is 3.97. The van der Waals surface area contributed by atoms with E-state index in [1.165, 1.54) is 11.3 Å². The lowest BCUT2D eigenvalue weighted by atomic mass is 10.2. The van der Waals surface area contributed by atoms with Crippen molar-refractivity contribution in [3.05, 3.63) is 52.5 Å². The van der Waals surface area contributed by atoms with Gasteiger partial charge < -0.3 is 5.84 Å². The van der Waals surface area contributed by atoms with Gasteiger partial charge in [-0.3, -0.25) is 15.1 Å². The molecule has 3 rings (SSSR count). The average molecular weight is 430 g/mol. The van der Waals surface area contributed by atoms with E-state index in [9.17, 15) is 4.79 Å². The molecular weight excluding hydrogens is 414 g/mol. The number of fused-ring (bicyclic) bond motifs is 1. The van der Waals surface area contributed by atoms with E-state index in [1.807, 2.05) is 49.4 Å². The van der Waals surface area contributed by atoms with Crippen LogP contribution in [-0.4, -0.2) is 22.3 Å². The quantitative estimate of drug-likeness (QED) is 0.365. The molecule has 0 bridgehead atoms. The number of carbonyl (C=O) groups is 1. The van der Waals surface area contributed by atoms with Crippen LogP contribution in [0.25, 0.3) is 10.2 Å². The molecule has 0 spiro atoms. The zero-order chi connectivity index (χ0) is 18.7. The molecule has 1 aromatic heterocycles. The Hall–Kier alpha value is -2.58. The van der Waals surface area contributed by atoms with Crippen molar-refractivity contribution in [3.8, 4) is 0 Å². The molecule has 0 fully saturated rings. The van der Waals surface area contributed by atoms with E-state index in [0.29, 0.717) is 10.8 Å². The van der Waals surface area contributed by atoms with Crippen LogP contribution < -0.4 is 11.2 Å². The predicted octanol–water partition coefficient (Wildman–Crippen LogP) is 4.41. The Bertz CT molecular complexity index is 1040. The van der Waals surface area contributed by atoms with E-state index in [1.54, 1.807) is 6.92 Å². The molecule has 6 nitrogen and oxygen atoms in total. The summed E-state index contributed by atoms with van der Waals surface area (Å²) in [6.07, 6.45) is 0. The zero-order valence-electron chi connectivity index (χ0n) is 14.2. The van der Waals surface area contributed by atoms with Crippen molar-refractivity contribution in [2.24, 2.45) is 15.9 Å². The van der Waals surface area contributed by atoms with Crippen LogP contribution in [0.1, 0.15) is 12.5 Å². The average Bonchev–Trinajstić information content (AvgIpc) is 2.98. The highest BCUT2D eigenvalue weighted by atomic mass is 79.9. The molecule has 0 saturated carbocycles. The molecule has 1 amide bonds. The second kappa shape index (κ2) is 7.76. The fourth-order valence-electron chi connectivity index (χ4n) is 2.35. The summed E-state index contributed by atoms with van der Waals surface area (Å²) in [7, 11) is 0. The van der Waals surface area contributed by atoms with Gasteiger partial charge in [-0.1, -0.05) is 45.5 Å². The first-order valence-electron chi connectivity index (χ1n) is 7.74. The third-order valence-electron chi connectivity index (χ3n) is 3.66. The van der Waals surface area contributed by atoms with Crippen molar-refractivity contribution < 1.29 is 4.79 Å². The van der Waals surface area contributed by atoms with Gasteiger partial charge in [0.2, 0.25) is 0 Å². The van der Waals surface area contributed by atoms with E-state index < -0.39 is 5.91 Å². The number of hydrazone groups is 1. The highest BCUT2D eigenvalue weighted by molar-refractivity contribution is 9.10. The van der Waals surface area contributed by atoms with Crippen LogP contribution in [0.15, 0.2) is 57.0 Å². The molecule has 0 atom stereocenters. The van der Waals surface area contributed by atoms with Crippen LogP contribution in [0.3, 0.4) is 0 Å². The fourth-order valence-corrected chi connectivity index (χ4v) is 3.54. The number of nitrogens with two attached hydrogens (primary N) is 1. The van der Waals surface area contributed by atoms with Crippen LogP contribution in [0, 0.1) is 6.92 Å². The SMILES string of the molecule is CC(=Nc1ccccc1C)C(=NN)C(=O)Nc1nc2cc(Br)ccc2s1. The number of aryl methyl sites for hydroxylation is 1. The Labute approximate surface area is 163 Å². The topological polar surface area (TPSA) is 92.7 Å². The normalized spacial score (nSPS) is 12.4. The molecule has 2 aromatic carbocycles. The summed E-state index contributed by atoms with van der Waals surface area (Å²) >= 11 is 4.79. The van der Waals surface area contributed by atoms with Gasteiger partial charge >= 0.3 is 0 Å². The Balaban J connectivity index is 1.83. The molecule has 0 radical (unpaired) electrons. The highest BCUT2D eigenvalue weighted by Crippen LogP contribution is 2.28. The number of hydrogen-bond acceptors (Lipinski definition) is 6. The molecule has 26 heavy (non-hydrogen) atoms. The van der Waals surface area contributed by atoms with E-state index in [4.69, 9.17) is 5.84 Å². The number of aliphatic imine (C=N–C) groups is 1. The first kappa shape index (κ1) is 18.2. The van der Waals surface area contributed by atoms with Crippen LogP contribution in [0.2, 0.25) is 0 Å². The lowest BCUT2D eigenvalue weighted by Crippen LogP contribution is -2.29. The third-order valence-corrected chi connectivity index (χ3v) is 5.11. The molecule has 3 N–H and O–H groups in total. The maximum atomic E-state index is 12.6. The molecule has 3 aromatic rings. The number of carbonyl (C=O) groups excluding carboxylic acids is 1. The molecule has 8 heteroatoms. The van der Waals surface area contributed by atoms with Crippen LogP contribution in [0.4, 0.5) is 10.8 Å². The predicted molar refractivity (Wildman–Crippen MR) is 112 cm³/mol. The van der Waals surface area contributed by atoms with Gasteiger partial charge in [0.25, 0.3) is 5.91 Å². The number of halogens is 1. The molecule has 0 unspecified atom stereocenters. The van der Waals surface area contributed by atoms with Gasteiger partial charge in [0, 0.05) is 4.47 Å². The lowest BCUT2D eigenvalue weighted by Gasteiger charge is -2.06. The minimum atomic E-state index is -0.444. The highest BCUT2D eigenvalue weighted by Gasteiger charge is 2.17. The van der Waals surface area contributed by atoms with Crippen LogP contribution in [0.5, 0.6) is 0 Å². The maximum Gasteiger partial charge on any atom is 0.279 e. The van der Waals surface area contributed by atoms with Crippen LogP contribution in [-0.2, 0) is 4.79 Å². The van der Waals surface area contributed by atoms with Gasteiger partial charge in [0.15, 0.2) is 10.8 Å². The first-order valence-corrected chi connectivity index (χ1v) is 9.35. The van der Waals surface area contributed by atoms with Gasteiger partial charge in [0.1, 0.15) is 0 Å². The largest absolute Gasteiger partial charge is 0.322 e. The van der Waals surface area contributed by atoms with Crippen molar-refractivity contribution in [3.63, 3.8) is 0 Å².